The summed E-state index contributed by atoms with van der Waals surface area (Å²) in [6.07, 6.45) is 1.47. The average Bonchev–Trinajstić information content (AvgIpc) is 3.04. The van der Waals surface area contributed by atoms with Crippen molar-refractivity contribution in [1.29, 1.82) is 0 Å². The Labute approximate surface area is 163 Å². The molecule has 1 aromatic rings. The van der Waals surface area contributed by atoms with E-state index in [-0.39, 0.29) is 18.2 Å². The highest BCUT2D eigenvalue weighted by Crippen LogP contribution is 2.26. The van der Waals surface area contributed by atoms with E-state index in [9.17, 15) is 4.79 Å². The van der Waals surface area contributed by atoms with E-state index < -0.39 is 5.60 Å². The Kier molecular flexibility index (Phi) is 7.78. The Morgan fingerprint density at radius 1 is 1.30 bits per heavy atom. The molecule has 1 aliphatic heterocycles. The van der Waals surface area contributed by atoms with Gasteiger partial charge in [0.05, 0.1) is 18.9 Å². The highest BCUT2D eigenvalue weighted by atomic mass is 16.6. The third-order valence-electron chi connectivity index (χ3n) is 4.08. The zero-order chi connectivity index (χ0) is 19.9. The molecule has 152 valence electrons. The van der Waals surface area contributed by atoms with Gasteiger partial charge in [-0.25, -0.2) is 4.79 Å². The van der Waals surface area contributed by atoms with E-state index in [1.165, 1.54) is 0 Å². The minimum atomic E-state index is -0.510. The molecule has 0 spiro atoms. The van der Waals surface area contributed by atoms with Crippen LogP contribution in [0.1, 0.15) is 47.5 Å². The smallest absolute Gasteiger partial charge is 0.407 e. The molecular formula is C21H34N2O4. The normalized spacial score (nSPS) is 18.2. The number of benzene rings is 1. The van der Waals surface area contributed by atoms with E-state index in [1.54, 1.807) is 0 Å². The topological polar surface area (TPSA) is 68.8 Å². The number of ether oxygens (including phenoxy) is 3. The van der Waals surface area contributed by atoms with Crippen LogP contribution in [0.15, 0.2) is 24.3 Å². The highest BCUT2D eigenvalue weighted by Gasteiger charge is 2.21. The van der Waals surface area contributed by atoms with Crippen molar-refractivity contribution in [3.8, 4) is 5.75 Å². The van der Waals surface area contributed by atoms with E-state index in [1.807, 2.05) is 45.0 Å². The van der Waals surface area contributed by atoms with Gasteiger partial charge in [0.15, 0.2) is 0 Å². The summed E-state index contributed by atoms with van der Waals surface area (Å²) < 4.78 is 16.9. The maximum absolute atomic E-state index is 12.2. The number of carbonyl (C=O) groups excluding carboxylic acids is 1. The van der Waals surface area contributed by atoms with E-state index in [2.05, 4.69) is 24.5 Å². The number of anilines is 1. The van der Waals surface area contributed by atoms with Gasteiger partial charge >= 0.3 is 6.09 Å². The summed E-state index contributed by atoms with van der Waals surface area (Å²) in [5.41, 5.74) is 0.410. The number of para-hydroxylation sites is 2. The monoisotopic (exact) mass is 378 g/mol. The molecule has 0 radical (unpaired) electrons. The van der Waals surface area contributed by atoms with Crippen LogP contribution in [0, 0.1) is 5.92 Å². The fraction of sp³-hybridized carbons (Fsp3) is 0.667. The summed E-state index contributed by atoms with van der Waals surface area (Å²) in [6.45, 7) is 11.8. The first-order chi connectivity index (χ1) is 12.7. The van der Waals surface area contributed by atoms with Crippen LogP contribution in [-0.2, 0) is 9.47 Å². The van der Waals surface area contributed by atoms with Crippen LogP contribution in [-0.4, -0.2) is 43.6 Å². The fourth-order valence-corrected chi connectivity index (χ4v) is 2.97. The van der Waals surface area contributed by atoms with Gasteiger partial charge < -0.3 is 24.8 Å². The molecule has 1 amide bonds. The second-order valence-electron chi connectivity index (χ2n) is 8.45. The van der Waals surface area contributed by atoms with Crippen LogP contribution in [0.2, 0.25) is 0 Å². The van der Waals surface area contributed by atoms with Gasteiger partial charge in [0.25, 0.3) is 0 Å². The number of alkyl carbamates (subject to hydrolysis) is 1. The number of hydrogen-bond acceptors (Lipinski definition) is 5. The van der Waals surface area contributed by atoms with E-state index in [0.29, 0.717) is 19.1 Å². The lowest BCUT2D eigenvalue weighted by Gasteiger charge is -2.25. The quantitative estimate of drug-likeness (QED) is 0.709. The number of rotatable bonds is 8. The van der Waals surface area contributed by atoms with Crippen molar-refractivity contribution >= 4 is 11.8 Å². The summed E-state index contributed by atoms with van der Waals surface area (Å²) in [4.78, 5) is 12.2. The van der Waals surface area contributed by atoms with Gasteiger partial charge in [-0.15, -0.1) is 0 Å². The molecule has 0 bridgehead atoms. The van der Waals surface area contributed by atoms with Crippen molar-refractivity contribution in [2.45, 2.75) is 65.2 Å². The van der Waals surface area contributed by atoms with Gasteiger partial charge in [-0.3, -0.25) is 0 Å². The first-order valence-corrected chi connectivity index (χ1v) is 9.80. The standard InChI is InChI=1S/C21H34N2O4/c1-15(2)12-16(23-20(24)27-21(3,4)5)13-22-18-8-6-7-9-19(18)26-17-10-11-25-14-17/h6-9,15-17,22H,10-14H2,1-5H3,(H,23,24)/t16-,17-/m0/s1. The summed E-state index contributed by atoms with van der Waals surface area (Å²) in [5, 5.41) is 6.41. The predicted octanol–water partition coefficient (Wildman–Crippen LogP) is 4.21. The van der Waals surface area contributed by atoms with Crippen molar-refractivity contribution in [3.63, 3.8) is 0 Å². The molecule has 6 nitrogen and oxygen atoms in total. The zero-order valence-electron chi connectivity index (χ0n) is 17.2. The molecule has 2 N–H and O–H groups in total. The third-order valence-corrected chi connectivity index (χ3v) is 4.08. The molecule has 0 aromatic heterocycles. The first kappa shape index (κ1) is 21.4. The van der Waals surface area contributed by atoms with Crippen LogP contribution >= 0.6 is 0 Å². The largest absolute Gasteiger partial charge is 0.486 e. The fourth-order valence-electron chi connectivity index (χ4n) is 2.97. The second kappa shape index (κ2) is 9.83. The molecule has 27 heavy (non-hydrogen) atoms. The van der Waals surface area contributed by atoms with Crippen LogP contribution in [0.4, 0.5) is 10.5 Å². The number of amides is 1. The molecule has 1 aromatic carbocycles. The molecule has 2 rings (SSSR count). The lowest BCUT2D eigenvalue weighted by atomic mass is 10.0. The van der Waals surface area contributed by atoms with E-state index >= 15 is 0 Å². The van der Waals surface area contributed by atoms with Gasteiger partial charge in [0, 0.05) is 19.0 Å². The zero-order valence-corrected chi connectivity index (χ0v) is 17.2. The van der Waals surface area contributed by atoms with Crippen molar-refractivity contribution < 1.29 is 19.0 Å². The molecule has 0 saturated carbocycles. The molecule has 2 atom stereocenters. The lowest BCUT2D eigenvalue weighted by Crippen LogP contribution is -2.43. The van der Waals surface area contributed by atoms with Crippen LogP contribution in [0.5, 0.6) is 5.75 Å². The van der Waals surface area contributed by atoms with Crippen LogP contribution < -0.4 is 15.4 Å². The summed E-state index contributed by atoms with van der Waals surface area (Å²) in [7, 11) is 0. The highest BCUT2D eigenvalue weighted by molar-refractivity contribution is 5.68. The predicted molar refractivity (Wildman–Crippen MR) is 107 cm³/mol. The lowest BCUT2D eigenvalue weighted by molar-refractivity contribution is 0.0502. The van der Waals surface area contributed by atoms with Crippen LogP contribution in [0.25, 0.3) is 0 Å². The Bertz CT molecular complexity index is 592. The van der Waals surface area contributed by atoms with E-state index in [0.717, 1.165) is 30.9 Å². The summed E-state index contributed by atoms with van der Waals surface area (Å²) >= 11 is 0. The maximum Gasteiger partial charge on any atom is 0.407 e. The van der Waals surface area contributed by atoms with Gasteiger partial charge in [0.2, 0.25) is 0 Å². The number of hydrogen-bond donors (Lipinski definition) is 2. The Hall–Kier alpha value is -1.95. The van der Waals surface area contributed by atoms with Crippen molar-refractivity contribution in [2.75, 3.05) is 25.1 Å². The number of nitrogens with one attached hydrogen (secondary N) is 2. The minimum Gasteiger partial charge on any atom is -0.486 e. The Morgan fingerprint density at radius 2 is 2.04 bits per heavy atom. The van der Waals surface area contributed by atoms with Gasteiger partial charge in [-0.2, -0.15) is 0 Å². The summed E-state index contributed by atoms with van der Waals surface area (Å²) in [5.74, 6) is 1.27. The average molecular weight is 379 g/mol. The second-order valence-corrected chi connectivity index (χ2v) is 8.45. The van der Waals surface area contributed by atoms with Crippen molar-refractivity contribution in [2.24, 2.45) is 5.92 Å². The molecule has 1 saturated heterocycles. The Morgan fingerprint density at radius 3 is 2.67 bits per heavy atom. The van der Waals surface area contributed by atoms with Crippen molar-refractivity contribution in [3.05, 3.63) is 24.3 Å². The van der Waals surface area contributed by atoms with Gasteiger partial charge in [0.1, 0.15) is 17.5 Å². The third kappa shape index (κ3) is 8.08. The number of carbonyl (C=O) groups is 1. The van der Waals surface area contributed by atoms with Gasteiger partial charge in [-0.1, -0.05) is 26.0 Å². The molecule has 1 heterocycles. The van der Waals surface area contributed by atoms with E-state index in [4.69, 9.17) is 14.2 Å². The molecule has 0 aliphatic carbocycles. The van der Waals surface area contributed by atoms with Gasteiger partial charge in [-0.05, 0) is 45.2 Å². The molecular weight excluding hydrogens is 344 g/mol. The van der Waals surface area contributed by atoms with Crippen LogP contribution in [0.3, 0.4) is 0 Å². The Balaban J connectivity index is 1.96. The maximum atomic E-state index is 12.2. The molecule has 1 fully saturated rings. The SMILES string of the molecule is CC(C)C[C@@H](CNc1ccccc1O[C@H]1CCOC1)NC(=O)OC(C)(C)C. The van der Waals surface area contributed by atoms with Crippen molar-refractivity contribution in [1.82, 2.24) is 5.32 Å². The molecule has 1 aliphatic rings. The minimum absolute atomic E-state index is 0.0391. The summed E-state index contributed by atoms with van der Waals surface area (Å²) in [6, 6.07) is 7.84. The first-order valence-electron chi connectivity index (χ1n) is 9.80. The molecule has 6 heteroatoms. The molecule has 0 unspecified atom stereocenters.